The average Bonchev–Trinajstić information content (AvgIpc) is 1.97. The Labute approximate surface area is 71.2 Å². The fourth-order valence-electron chi connectivity index (χ4n) is 1.03. The Morgan fingerprint density at radius 1 is 1.42 bits per heavy atom. The summed E-state index contributed by atoms with van der Waals surface area (Å²) in [6.45, 7) is 0.461. The van der Waals surface area contributed by atoms with E-state index in [1.54, 1.807) is 25.2 Å². The molecule has 0 unspecified atom stereocenters. The lowest BCUT2D eigenvalue weighted by molar-refractivity contribution is -0.124. The summed E-state index contributed by atoms with van der Waals surface area (Å²) >= 11 is 0. The predicted octanol–water partition coefficient (Wildman–Crippen LogP) is -0.479. The first-order valence-corrected chi connectivity index (χ1v) is 3.81. The van der Waals surface area contributed by atoms with Crippen LogP contribution in [0.25, 0.3) is 0 Å². The summed E-state index contributed by atoms with van der Waals surface area (Å²) < 4.78 is 0. The van der Waals surface area contributed by atoms with E-state index in [1.165, 1.54) is 0 Å². The van der Waals surface area contributed by atoms with Crippen molar-refractivity contribution in [1.82, 2.24) is 10.2 Å². The van der Waals surface area contributed by atoms with Gasteiger partial charge < -0.3 is 10.2 Å². The second kappa shape index (κ2) is 3.38. The van der Waals surface area contributed by atoms with E-state index >= 15 is 0 Å². The monoisotopic (exact) mass is 168 g/mol. The van der Waals surface area contributed by atoms with Gasteiger partial charge >= 0.3 is 0 Å². The van der Waals surface area contributed by atoms with Crippen LogP contribution < -0.4 is 5.32 Å². The number of piperidine rings is 1. The molecule has 1 rings (SSSR count). The molecule has 4 heteroatoms. The summed E-state index contributed by atoms with van der Waals surface area (Å²) in [5.74, 6) is -0.340. The normalized spacial score (nSPS) is 21.0. The van der Waals surface area contributed by atoms with Crippen molar-refractivity contribution in [2.24, 2.45) is 0 Å². The van der Waals surface area contributed by atoms with E-state index < -0.39 is 0 Å². The second-order valence-corrected chi connectivity index (χ2v) is 2.94. The Bertz CT molecular complexity index is 225. The van der Waals surface area contributed by atoms with Crippen molar-refractivity contribution in [1.29, 1.82) is 0 Å². The van der Waals surface area contributed by atoms with E-state index in [2.05, 4.69) is 5.32 Å². The lowest BCUT2D eigenvalue weighted by atomic mass is 10.1. The topological polar surface area (TPSA) is 49.4 Å². The molecule has 1 amide bonds. The molecule has 1 N–H and O–H groups in total. The van der Waals surface area contributed by atoms with E-state index in [4.69, 9.17) is 0 Å². The summed E-state index contributed by atoms with van der Waals surface area (Å²) in [6.07, 6.45) is 1.96. The van der Waals surface area contributed by atoms with Crippen LogP contribution in [0.15, 0.2) is 11.8 Å². The van der Waals surface area contributed by atoms with Crippen molar-refractivity contribution in [3.63, 3.8) is 0 Å². The molecule has 1 fully saturated rings. The molecule has 1 aliphatic rings. The van der Waals surface area contributed by atoms with Crippen LogP contribution >= 0.6 is 0 Å². The number of nitrogens with zero attached hydrogens (tertiary/aromatic N) is 1. The molecular weight excluding hydrogens is 156 g/mol. The molecule has 0 saturated carbocycles. The van der Waals surface area contributed by atoms with Gasteiger partial charge in [0.25, 0.3) is 5.91 Å². The van der Waals surface area contributed by atoms with Gasteiger partial charge in [0, 0.05) is 33.3 Å². The van der Waals surface area contributed by atoms with E-state index in [-0.39, 0.29) is 17.3 Å². The Morgan fingerprint density at radius 3 is 2.58 bits per heavy atom. The van der Waals surface area contributed by atoms with Gasteiger partial charge in [0.2, 0.25) is 0 Å². The zero-order valence-corrected chi connectivity index (χ0v) is 7.26. The SMILES string of the molecule is CN(C)/C=C1/C(=O)CCNC1=O. The molecule has 0 aliphatic carbocycles. The van der Waals surface area contributed by atoms with Crippen LogP contribution in [-0.4, -0.2) is 37.2 Å². The zero-order chi connectivity index (χ0) is 9.14. The van der Waals surface area contributed by atoms with Crippen LogP contribution in [0.5, 0.6) is 0 Å². The molecule has 0 aromatic carbocycles. The summed E-state index contributed by atoms with van der Waals surface area (Å²) in [5, 5.41) is 2.61. The third-order valence-corrected chi connectivity index (χ3v) is 1.57. The molecule has 0 radical (unpaired) electrons. The molecule has 0 bridgehead atoms. The lowest BCUT2D eigenvalue weighted by Gasteiger charge is -2.15. The highest BCUT2D eigenvalue weighted by Crippen LogP contribution is 2.05. The summed E-state index contributed by atoms with van der Waals surface area (Å²) in [7, 11) is 3.56. The minimum absolute atomic E-state index is 0.0764. The minimum atomic E-state index is -0.264. The van der Waals surface area contributed by atoms with Gasteiger partial charge in [-0.1, -0.05) is 0 Å². The smallest absolute Gasteiger partial charge is 0.256 e. The van der Waals surface area contributed by atoms with Crippen LogP contribution in [0, 0.1) is 0 Å². The maximum atomic E-state index is 11.2. The van der Waals surface area contributed by atoms with Gasteiger partial charge in [-0.25, -0.2) is 0 Å². The molecule has 1 heterocycles. The maximum absolute atomic E-state index is 11.2. The Hall–Kier alpha value is -1.32. The first kappa shape index (κ1) is 8.77. The van der Waals surface area contributed by atoms with E-state index in [0.29, 0.717) is 13.0 Å². The molecule has 12 heavy (non-hydrogen) atoms. The zero-order valence-electron chi connectivity index (χ0n) is 7.26. The molecular formula is C8H12N2O2. The lowest BCUT2D eigenvalue weighted by Crippen LogP contribution is -2.37. The van der Waals surface area contributed by atoms with Crippen LogP contribution in [0.3, 0.4) is 0 Å². The number of Topliss-reactive ketones (excluding diaryl/α,β-unsaturated/α-hetero) is 1. The Morgan fingerprint density at radius 2 is 2.08 bits per heavy atom. The highest BCUT2D eigenvalue weighted by Gasteiger charge is 2.22. The number of carbonyl (C=O) groups excluding carboxylic acids is 2. The first-order chi connectivity index (χ1) is 5.61. The number of hydrogen-bond acceptors (Lipinski definition) is 3. The van der Waals surface area contributed by atoms with Crippen LogP contribution in [0.4, 0.5) is 0 Å². The van der Waals surface area contributed by atoms with Crippen LogP contribution in [0.1, 0.15) is 6.42 Å². The van der Waals surface area contributed by atoms with Gasteiger partial charge in [-0.3, -0.25) is 9.59 Å². The van der Waals surface area contributed by atoms with Crippen molar-refractivity contribution >= 4 is 11.7 Å². The number of carbonyl (C=O) groups is 2. The summed E-state index contributed by atoms with van der Waals surface area (Å²) in [5.41, 5.74) is 0.256. The molecule has 0 aromatic heterocycles. The molecule has 0 spiro atoms. The van der Waals surface area contributed by atoms with E-state index in [0.717, 1.165) is 0 Å². The molecule has 1 aliphatic heterocycles. The molecule has 1 saturated heterocycles. The number of ketones is 1. The molecule has 0 atom stereocenters. The minimum Gasteiger partial charge on any atom is -0.383 e. The van der Waals surface area contributed by atoms with Gasteiger partial charge in [-0.15, -0.1) is 0 Å². The van der Waals surface area contributed by atoms with Crippen molar-refractivity contribution in [2.45, 2.75) is 6.42 Å². The standard InChI is InChI=1S/C8H12N2O2/c1-10(2)5-6-7(11)3-4-9-8(6)12/h5H,3-4H2,1-2H3,(H,9,12)/b6-5-. The third-order valence-electron chi connectivity index (χ3n) is 1.57. The van der Waals surface area contributed by atoms with Gasteiger partial charge in [-0.2, -0.15) is 0 Å². The second-order valence-electron chi connectivity index (χ2n) is 2.94. The van der Waals surface area contributed by atoms with E-state index in [1.807, 2.05) is 0 Å². The number of nitrogens with one attached hydrogen (secondary N) is 1. The summed E-state index contributed by atoms with van der Waals surface area (Å²) in [6, 6.07) is 0. The van der Waals surface area contributed by atoms with Crippen LogP contribution in [-0.2, 0) is 9.59 Å². The quantitative estimate of drug-likeness (QED) is 0.425. The van der Waals surface area contributed by atoms with Gasteiger partial charge in [0.15, 0.2) is 5.78 Å². The third kappa shape index (κ3) is 1.84. The largest absolute Gasteiger partial charge is 0.383 e. The Balaban J connectivity index is 2.83. The highest BCUT2D eigenvalue weighted by molar-refractivity contribution is 6.20. The fourth-order valence-corrected chi connectivity index (χ4v) is 1.03. The Kier molecular flexibility index (Phi) is 2.47. The predicted molar refractivity (Wildman–Crippen MR) is 44.4 cm³/mol. The summed E-state index contributed by atoms with van der Waals surface area (Å²) in [4.78, 5) is 24.0. The number of rotatable bonds is 1. The van der Waals surface area contributed by atoms with E-state index in [9.17, 15) is 9.59 Å². The molecule has 66 valence electrons. The molecule has 0 aromatic rings. The van der Waals surface area contributed by atoms with Gasteiger partial charge in [0.1, 0.15) is 0 Å². The van der Waals surface area contributed by atoms with Crippen molar-refractivity contribution < 1.29 is 9.59 Å². The van der Waals surface area contributed by atoms with Gasteiger partial charge in [0.05, 0.1) is 5.57 Å². The van der Waals surface area contributed by atoms with Crippen molar-refractivity contribution in [2.75, 3.05) is 20.6 Å². The maximum Gasteiger partial charge on any atom is 0.256 e. The number of hydrogen-bond donors (Lipinski definition) is 1. The van der Waals surface area contributed by atoms with Crippen LogP contribution in [0.2, 0.25) is 0 Å². The van der Waals surface area contributed by atoms with Crippen molar-refractivity contribution in [3.8, 4) is 0 Å². The number of amides is 1. The molecule has 4 nitrogen and oxygen atoms in total. The highest BCUT2D eigenvalue weighted by atomic mass is 16.2. The average molecular weight is 168 g/mol. The van der Waals surface area contributed by atoms with Gasteiger partial charge in [-0.05, 0) is 0 Å². The first-order valence-electron chi connectivity index (χ1n) is 3.81. The van der Waals surface area contributed by atoms with Crippen molar-refractivity contribution in [3.05, 3.63) is 11.8 Å². The fraction of sp³-hybridized carbons (Fsp3) is 0.500.